The van der Waals surface area contributed by atoms with Gasteiger partial charge in [-0.05, 0) is 33.3 Å². The van der Waals surface area contributed by atoms with E-state index in [0.717, 1.165) is 21.0 Å². The van der Waals surface area contributed by atoms with Crippen LogP contribution < -0.4 is 4.90 Å². The smallest absolute Gasteiger partial charge is 0.418 e. The summed E-state index contributed by atoms with van der Waals surface area (Å²) in [5.74, 6) is -4.02. The summed E-state index contributed by atoms with van der Waals surface area (Å²) in [6.45, 7) is 4.73. The van der Waals surface area contributed by atoms with Crippen LogP contribution in [0.2, 0.25) is 0 Å². The lowest BCUT2D eigenvalue weighted by Crippen LogP contribution is -2.32. The van der Waals surface area contributed by atoms with Gasteiger partial charge in [-0.3, -0.25) is 0 Å². The van der Waals surface area contributed by atoms with Crippen molar-refractivity contribution in [3.63, 3.8) is 0 Å². The number of methoxy groups -OCH3 is 1. The lowest BCUT2D eigenvalue weighted by atomic mass is 10.0. The molecule has 0 N–H and O–H groups in total. The second kappa shape index (κ2) is 7.53. The number of rotatable bonds is 6. The highest BCUT2D eigenvalue weighted by atomic mass is 19.4. The Kier molecular flexibility index (Phi) is 6.36. The van der Waals surface area contributed by atoms with Gasteiger partial charge in [0.2, 0.25) is 5.92 Å². The van der Waals surface area contributed by atoms with Gasteiger partial charge in [0.1, 0.15) is 11.4 Å². The largest absolute Gasteiger partial charge is 0.465 e. The van der Waals surface area contributed by atoms with Crippen molar-refractivity contribution in [2.24, 2.45) is 0 Å². The molecule has 142 valence electrons. The molecule has 0 aromatic carbocycles. The molecule has 0 aliphatic carbocycles. The summed E-state index contributed by atoms with van der Waals surface area (Å²) in [5, 5.41) is 0. The highest BCUT2D eigenvalue weighted by Crippen LogP contribution is 2.38. The van der Waals surface area contributed by atoms with Gasteiger partial charge in [0.25, 0.3) is 0 Å². The second-order valence-corrected chi connectivity index (χ2v) is 5.79. The first kappa shape index (κ1) is 21.1. The van der Waals surface area contributed by atoms with Gasteiger partial charge in [-0.2, -0.15) is 13.2 Å². The van der Waals surface area contributed by atoms with Crippen molar-refractivity contribution in [2.75, 3.05) is 25.1 Å². The van der Waals surface area contributed by atoms with Gasteiger partial charge in [0.15, 0.2) is 0 Å². The number of aryl methyl sites for hydroxylation is 1. The molecule has 1 aromatic rings. The predicted molar refractivity (Wildman–Crippen MR) is 83.2 cm³/mol. The first-order valence-corrected chi connectivity index (χ1v) is 7.63. The van der Waals surface area contributed by atoms with E-state index in [1.807, 2.05) is 0 Å². The minimum Gasteiger partial charge on any atom is -0.465 e. The van der Waals surface area contributed by atoms with E-state index in [-0.39, 0.29) is 35.7 Å². The Morgan fingerprint density at radius 1 is 1.20 bits per heavy atom. The normalized spacial score (nSPS) is 12.2. The van der Waals surface area contributed by atoms with Crippen LogP contribution in [0.15, 0.2) is 0 Å². The van der Waals surface area contributed by atoms with E-state index < -0.39 is 30.1 Å². The van der Waals surface area contributed by atoms with Crippen molar-refractivity contribution < 1.29 is 31.5 Å². The van der Waals surface area contributed by atoms with Gasteiger partial charge in [-0.25, -0.2) is 18.6 Å². The molecule has 0 aliphatic rings. The molecule has 0 amide bonds. The highest BCUT2D eigenvalue weighted by molar-refractivity contribution is 5.97. The third-order valence-electron chi connectivity index (χ3n) is 3.78. The Labute approximate surface area is 143 Å². The molecule has 0 atom stereocenters. The maximum absolute atomic E-state index is 13.3. The topological polar surface area (TPSA) is 42.4 Å². The van der Waals surface area contributed by atoms with E-state index in [1.165, 1.54) is 11.8 Å². The summed E-state index contributed by atoms with van der Waals surface area (Å²) in [6, 6.07) is 0. The number of pyridine rings is 1. The van der Waals surface area contributed by atoms with Crippen molar-refractivity contribution in [1.29, 1.82) is 0 Å². The fourth-order valence-electron chi connectivity index (χ4n) is 2.57. The number of hydrogen-bond donors (Lipinski definition) is 0. The fraction of sp³-hybridized carbons (Fsp3) is 0.625. The van der Waals surface area contributed by atoms with Crippen LogP contribution in [0.4, 0.5) is 27.8 Å². The quantitative estimate of drug-likeness (QED) is 0.552. The van der Waals surface area contributed by atoms with Gasteiger partial charge in [-0.15, -0.1) is 0 Å². The maximum atomic E-state index is 13.3. The van der Waals surface area contributed by atoms with Crippen molar-refractivity contribution in [3.8, 4) is 0 Å². The molecule has 0 saturated carbocycles. The molecule has 0 radical (unpaired) electrons. The first-order valence-electron chi connectivity index (χ1n) is 7.63. The van der Waals surface area contributed by atoms with Crippen LogP contribution in [-0.4, -0.2) is 37.1 Å². The van der Waals surface area contributed by atoms with Crippen LogP contribution >= 0.6 is 0 Å². The molecule has 0 spiro atoms. The standard InChI is InChI=1S/C16H21F5N2O2/c1-6-23(8-7-15(4,17)18)13-11(14(24)25-5)9(2)12(10(3)22-13)16(19,20)21/h6-8H2,1-5H3. The van der Waals surface area contributed by atoms with Gasteiger partial charge >= 0.3 is 12.1 Å². The molecule has 0 saturated heterocycles. The molecule has 1 heterocycles. The van der Waals surface area contributed by atoms with E-state index in [1.54, 1.807) is 6.92 Å². The zero-order valence-corrected chi connectivity index (χ0v) is 14.7. The Balaban J connectivity index is 3.55. The number of anilines is 1. The number of nitrogens with zero attached hydrogens (tertiary/aromatic N) is 2. The third-order valence-corrected chi connectivity index (χ3v) is 3.78. The highest BCUT2D eigenvalue weighted by Gasteiger charge is 2.38. The van der Waals surface area contributed by atoms with Crippen LogP contribution in [0.25, 0.3) is 0 Å². The molecule has 4 nitrogen and oxygen atoms in total. The Bertz CT molecular complexity index is 639. The van der Waals surface area contributed by atoms with Crippen LogP contribution in [0.1, 0.15) is 47.4 Å². The first-order chi connectivity index (χ1) is 11.3. The SMILES string of the molecule is CCN(CCC(C)(F)F)c1nc(C)c(C(F)(F)F)c(C)c1C(=O)OC. The van der Waals surface area contributed by atoms with E-state index in [2.05, 4.69) is 9.72 Å². The Morgan fingerprint density at radius 3 is 2.16 bits per heavy atom. The van der Waals surface area contributed by atoms with Crippen LogP contribution in [-0.2, 0) is 10.9 Å². The second-order valence-electron chi connectivity index (χ2n) is 5.79. The minimum atomic E-state index is -4.70. The van der Waals surface area contributed by atoms with Gasteiger partial charge < -0.3 is 9.64 Å². The molecule has 1 rings (SSSR count). The molecule has 0 bridgehead atoms. The van der Waals surface area contributed by atoms with E-state index in [9.17, 15) is 26.7 Å². The van der Waals surface area contributed by atoms with Crippen LogP contribution in [0.3, 0.4) is 0 Å². The number of aromatic nitrogens is 1. The van der Waals surface area contributed by atoms with Crippen LogP contribution in [0, 0.1) is 13.8 Å². The average Bonchev–Trinajstić information content (AvgIpc) is 2.44. The van der Waals surface area contributed by atoms with E-state index >= 15 is 0 Å². The minimum absolute atomic E-state index is 0.0819. The number of carbonyl (C=O) groups excluding carboxylic acids is 1. The van der Waals surface area contributed by atoms with E-state index in [0.29, 0.717) is 0 Å². The lowest BCUT2D eigenvalue weighted by Gasteiger charge is -2.27. The number of alkyl halides is 5. The summed E-state index contributed by atoms with van der Waals surface area (Å²) >= 11 is 0. The number of halogens is 5. The number of carbonyl (C=O) groups is 1. The average molecular weight is 368 g/mol. The lowest BCUT2D eigenvalue weighted by molar-refractivity contribution is -0.138. The number of ether oxygens (including phenoxy) is 1. The molecule has 1 aromatic heterocycles. The summed E-state index contributed by atoms with van der Waals surface area (Å²) < 4.78 is 70.7. The van der Waals surface area contributed by atoms with Crippen molar-refractivity contribution >= 4 is 11.8 Å². The zero-order valence-electron chi connectivity index (χ0n) is 14.7. The Morgan fingerprint density at radius 2 is 1.76 bits per heavy atom. The summed E-state index contributed by atoms with van der Waals surface area (Å²) in [7, 11) is 1.04. The van der Waals surface area contributed by atoms with Crippen molar-refractivity contribution in [1.82, 2.24) is 4.98 Å². The van der Waals surface area contributed by atoms with Crippen molar-refractivity contribution in [3.05, 3.63) is 22.4 Å². The monoisotopic (exact) mass is 368 g/mol. The van der Waals surface area contributed by atoms with Gasteiger partial charge in [0.05, 0.1) is 18.4 Å². The third kappa shape index (κ3) is 5.02. The predicted octanol–water partition coefficient (Wildman–Crippen LogP) is 4.38. The summed E-state index contributed by atoms with van der Waals surface area (Å²) in [6.07, 6.45) is -5.22. The maximum Gasteiger partial charge on any atom is 0.418 e. The number of esters is 1. The molecule has 25 heavy (non-hydrogen) atoms. The summed E-state index contributed by atoms with van der Waals surface area (Å²) in [5.41, 5.74) is -2.03. The van der Waals surface area contributed by atoms with Crippen LogP contribution in [0.5, 0.6) is 0 Å². The van der Waals surface area contributed by atoms with Gasteiger partial charge in [0, 0.05) is 19.5 Å². The van der Waals surface area contributed by atoms with Gasteiger partial charge in [-0.1, -0.05) is 0 Å². The molecular weight excluding hydrogens is 347 g/mol. The summed E-state index contributed by atoms with van der Waals surface area (Å²) in [4.78, 5) is 17.3. The zero-order chi connectivity index (χ0) is 19.6. The number of hydrogen-bond acceptors (Lipinski definition) is 4. The molecule has 9 heteroatoms. The molecule has 0 fully saturated rings. The molecule has 0 aliphatic heterocycles. The van der Waals surface area contributed by atoms with E-state index in [4.69, 9.17) is 0 Å². The molecule has 0 unspecified atom stereocenters. The Hall–Kier alpha value is -1.93. The van der Waals surface area contributed by atoms with Crippen molar-refractivity contribution in [2.45, 2.75) is 46.2 Å². The fourth-order valence-corrected chi connectivity index (χ4v) is 2.57. The molecular formula is C16H21F5N2O2.